The van der Waals surface area contributed by atoms with Crippen LogP contribution < -0.4 is 0 Å². The van der Waals surface area contributed by atoms with Gasteiger partial charge in [0.25, 0.3) is 0 Å². The molecule has 2 saturated heterocycles. The fourth-order valence-electron chi connectivity index (χ4n) is 3.25. The van der Waals surface area contributed by atoms with Gasteiger partial charge in [0, 0.05) is 32.3 Å². The molecular weight excluding hydrogens is 348 g/mol. The van der Waals surface area contributed by atoms with E-state index in [1.807, 2.05) is 6.26 Å². The molecule has 25 heavy (non-hydrogen) atoms. The molecule has 0 radical (unpaired) electrons. The molecule has 0 aliphatic carbocycles. The average Bonchev–Trinajstić information content (AvgIpc) is 3.10. The number of ether oxygens (including phenoxy) is 2. The lowest BCUT2D eigenvalue weighted by Crippen LogP contribution is -2.54. The maximum absolute atomic E-state index is 10.5. The molecule has 1 aromatic heterocycles. The maximum atomic E-state index is 10.5. The molecule has 3 rings (SSSR count). The quantitative estimate of drug-likeness (QED) is 0.547. The van der Waals surface area contributed by atoms with Gasteiger partial charge in [0.05, 0.1) is 25.5 Å². The summed E-state index contributed by atoms with van der Waals surface area (Å²) in [6.45, 7) is 3.89. The summed E-state index contributed by atoms with van der Waals surface area (Å²) in [7, 11) is 0. The van der Waals surface area contributed by atoms with Gasteiger partial charge in [-0.25, -0.2) is 4.68 Å². The zero-order valence-corrected chi connectivity index (χ0v) is 15.1. The van der Waals surface area contributed by atoms with Crippen molar-refractivity contribution >= 4 is 11.8 Å². The Bertz CT molecular complexity index is 526. The van der Waals surface area contributed by atoms with Gasteiger partial charge in [-0.05, 0) is 6.26 Å². The second kappa shape index (κ2) is 8.76. The standard InChI is InChI=1S/C15H26N4O5S/c1-25-15-14(22)12(13(21)11(9-20)24-15)19-8-10(16-17-19)2-3-18-4-6-23-7-5-18/h8,11-15,20-22H,2-7,9H2,1H3. The van der Waals surface area contributed by atoms with Crippen molar-refractivity contribution in [3.8, 4) is 0 Å². The fraction of sp³-hybridized carbons (Fsp3) is 0.867. The molecule has 5 atom stereocenters. The molecule has 3 N–H and O–H groups in total. The van der Waals surface area contributed by atoms with Gasteiger partial charge in [0.15, 0.2) is 0 Å². The van der Waals surface area contributed by atoms with Crippen LogP contribution in [0.1, 0.15) is 11.7 Å². The van der Waals surface area contributed by atoms with Gasteiger partial charge in [-0.1, -0.05) is 5.21 Å². The zero-order valence-electron chi connectivity index (χ0n) is 14.3. The van der Waals surface area contributed by atoms with Crippen molar-refractivity contribution in [1.82, 2.24) is 19.9 Å². The van der Waals surface area contributed by atoms with Crippen molar-refractivity contribution in [2.45, 2.75) is 36.2 Å². The zero-order chi connectivity index (χ0) is 17.8. The minimum atomic E-state index is -1.06. The first-order valence-corrected chi connectivity index (χ1v) is 9.79. The van der Waals surface area contributed by atoms with Crippen molar-refractivity contribution in [3.63, 3.8) is 0 Å². The Hall–Kier alpha value is -0.750. The third kappa shape index (κ3) is 4.33. The van der Waals surface area contributed by atoms with E-state index in [1.54, 1.807) is 6.20 Å². The van der Waals surface area contributed by atoms with Crippen molar-refractivity contribution in [1.29, 1.82) is 0 Å². The number of aliphatic hydroxyl groups excluding tert-OH is 3. The van der Waals surface area contributed by atoms with Crippen molar-refractivity contribution < 1.29 is 24.8 Å². The van der Waals surface area contributed by atoms with Crippen molar-refractivity contribution in [2.24, 2.45) is 0 Å². The summed E-state index contributed by atoms with van der Waals surface area (Å²) in [5, 5.41) is 38.6. The molecule has 0 spiro atoms. The fourth-order valence-corrected chi connectivity index (χ4v) is 3.94. The summed E-state index contributed by atoms with van der Waals surface area (Å²) in [6, 6.07) is -0.701. The van der Waals surface area contributed by atoms with E-state index in [2.05, 4.69) is 15.2 Å². The first-order valence-electron chi connectivity index (χ1n) is 8.50. The SMILES string of the molecule is CSC1OC(CO)C(O)C(n2cc(CCN3CCOCC3)nn2)C1O. The highest BCUT2D eigenvalue weighted by molar-refractivity contribution is 7.99. The average molecular weight is 374 g/mol. The Balaban J connectivity index is 1.66. The van der Waals surface area contributed by atoms with Crippen LogP contribution in [0, 0.1) is 0 Å². The maximum Gasteiger partial charge on any atom is 0.131 e. The monoisotopic (exact) mass is 374 g/mol. The smallest absolute Gasteiger partial charge is 0.131 e. The lowest BCUT2D eigenvalue weighted by atomic mass is 9.97. The van der Waals surface area contributed by atoms with E-state index in [0.717, 1.165) is 45.0 Å². The van der Waals surface area contributed by atoms with Crippen LogP contribution in [0.4, 0.5) is 0 Å². The molecule has 0 amide bonds. The number of rotatable bonds is 6. The van der Waals surface area contributed by atoms with Crippen molar-refractivity contribution in [2.75, 3.05) is 45.7 Å². The number of morpholine rings is 1. The van der Waals surface area contributed by atoms with Crippen LogP contribution in [-0.2, 0) is 15.9 Å². The van der Waals surface area contributed by atoms with Crippen LogP contribution in [0.15, 0.2) is 6.20 Å². The molecule has 2 fully saturated rings. The van der Waals surface area contributed by atoms with E-state index in [9.17, 15) is 15.3 Å². The van der Waals surface area contributed by atoms with Gasteiger partial charge < -0.3 is 24.8 Å². The molecule has 3 heterocycles. The Labute approximate surface area is 150 Å². The highest BCUT2D eigenvalue weighted by Gasteiger charge is 2.45. The number of aliphatic hydroxyl groups is 3. The molecular formula is C15H26N4O5S. The summed E-state index contributed by atoms with van der Waals surface area (Å²) in [6.07, 6.45) is 1.55. The van der Waals surface area contributed by atoms with E-state index in [0.29, 0.717) is 0 Å². The highest BCUT2D eigenvalue weighted by atomic mass is 32.2. The van der Waals surface area contributed by atoms with Crippen LogP contribution in [0.2, 0.25) is 0 Å². The number of aromatic nitrogens is 3. The van der Waals surface area contributed by atoms with Gasteiger partial charge in [-0.2, -0.15) is 0 Å². The Morgan fingerprint density at radius 2 is 2.04 bits per heavy atom. The third-order valence-electron chi connectivity index (χ3n) is 4.73. The van der Waals surface area contributed by atoms with Gasteiger partial charge in [0.2, 0.25) is 0 Å². The number of nitrogens with zero attached hydrogens (tertiary/aromatic N) is 4. The van der Waals surface area contributed by atoms with Gasteiger partial charge >= 0.3 is 0 Å². The second-order valence-electron chi connectivity index (χ2n) is 6.33. The molecule has 2 aliphatic rings. The molecule has 142 valence electrons. The molecule has 10 heteroatoms. The minimum Gasteiger partial charge on any atom is -0.394 e. The topological polar surface area (TPSA) is 113 Å². The molecule has 2 aliphatic heterocycles. The number of hydrogen-bond donors (Lipinski definition) is 3. The lowest BCUT2D eigenvalue weighted by molar-refractivity contribution is -0.178. The van der Waals surface area contributed by atoms with Crippen LogP contribution in [0.25, 0.3) is 0 Å². The van der Waals surface area contributed by atoms with E-state index >= 15 is 0 Å². The predicted molar refractivity (Wildman–Crippen MR) is 91.3 cm³/mol. The summed E-state index contributed by atoms with van der Waals surface area (Å²) in [4.78, 5) is 2.31. The Morgan fingerprint density at radius 1 is 1.28 bits per heavy atom. The van der Waals surface area contributed by atoms with Gasteiger partial charge in [0.1, 0.15) is 29.8 Å². The van der Waals surface area contributed by atoms with Crippen LogP contribution in [0.5, 0.6) is 0 Å². The summed E-state index contributed by atoms with van der Waals surface area (Å²) >= 11 is 1.33. The normalized spacial score (nSPS) is 34.3. The Morgan fingerprint density at radius 3 is 2.72 bits per heavy atom. The Kier molecular flexibility index (Phi) is 6.67. The predicted octanol–water partition coefficient (Wildman–Crippen LogP) is -1.50. The van der Waals surface area contributed by atoms with Crippen LogP contribution in [-0.4, -0.2) is 105 Å². The number of thioether (sulfide) groups is 1. The number of hydrogen-bond acceptors (Lipinski definition) is 9. The minimum absolute atomic E-state index is 0.319. The molecule has 0 saturated carbocycles. The van der Waals surface area contributed by atoms with Crippen molar-refractivity contribution in [3.05, 3.63) is 11.9 Å². The second-order valence-corrected chi connectivity index (χ2v) is 7.26. The first-order chi connectivity index (χ1) is 12.1. The summed E-state index contributed by atoms with van der Waals surface area (Å²) in [5.41, 5.74) is 0.269. The lowest BCUT2D eigenvalue weighted by Gasteiger charge is -2.41. The van der Waals surface area contributed by atoms with E-state index < -0.39 is 29.8 Å². The molecule has 0 bridgehead atoms. The summed E-state index contributed by atoms with van der Waals surface area (Å²) < 4.78 is 12.4. The van der Waals surface area contributed by atoms with Crippen LogP contribution in [0.3, 0.4) is 0 Å². The third-order valence-corrected chi connectivity index (χ3v) is 5.59. The van der Waals surface area contributed by atoms with E-state index in [4.69, 9.17) is 9.47 Å². The first kappa shape index (κ1) is 19.0. The van der Waals surface area contributed by atoms with Gasteiger partial charge in [-0.3, -0.25) is 4.90 Å². The molecule has 9 nitrogen and oxygen atoms in total. The van der Waals surface area contributed by atoms with E-state index in [1.165, 1.54) is 16.4 Å². The largest absolute Gasteiger partial charge is 0.394 e. The van der Waals surface area contributed by atoms with Gasteiger partial charge in [-0.15, -0.1) is 16.9 Å². The molecule has 5 unspecified atom stereocenters. The molecule has 1 aromatic rings. The summed E-state index contributed by atoms with van der Waals surface area (Å²) in [5.74, 6) is 0. The van der Waals surface area contributed by atoms with Crippen LogP contribution >= 0.6 is 11.8 Å². The van der Waals surface area contributed by atoms with E-state index in [-0.39, 0.29) is 6.61 Å². The highest BCUT2D eigenvalue weighted by Crippen LogP contribution is 2.33. The molecule has 0 aromatic carbocycles.